The summed E-state index contributed by atoms with van der Waals surface area (Å²) in [7, 11) is 0. The molecule has 78 valence electrons. The molecule has 1 unspecified atom stereocenters. The molecule has 0 aromatic carbocycles. The highest BCUT2D eigenvalue weighted by molar-refractivity contribution is 4.87. The molecule has 1 saturated carbocycles. The van der Waals surface area contributed by atoms with Gasteiger partial charge >= 0.3 is 0 Å². The molecule has 0 heterocycles. The van der Waals surface area contributed by atoms with Crippen molar-refractivity contribution in [3.63, 3.8) is 0 Å². The molecule has 0 amide bonds. The van der Waals surface area contributed by atoms with Gasteiger partial charge in [-0.25, -0.2) is 0 Å². The first kappa shape index (κ1) is 11.1. The van der Waals surface area contributed by atoms with Gasteiger partial charge in [-0.1, -0.05) is 52.9 Å². The van der Waals surface area contributed by atoms with Gasteiger partial charge in [0.25, 0.3) is 0 Å². The Kier molecular flexibility index (Phi) is 4.28. The summed E-state index contributed by atoms with van der Waals surface area (Å²) in [6.07, 6.45) is 11.7. The van der Waals surface area contributed by atoms with E-state index in [9.17, 15) is 0 Å². The summed E-state index contributed by atoms with van der Waals surface area (Å²) in [5.74, 6) is 0.987. The fourth-order valence-electron chi connectivity index (χ4n) is 3.34. The Morgan fingerprint density at radius 3 is 2.15 bits per heavy atom. The van der Waals surface area contributed by atoms with Crippen molar-refractivity contribution in [2.45, 2.75) is 72.1 Å². The first-order valence-corrected chi connectivity index (χ1v) is 6.25. The van der Waals surface area contributed by atoms with Crippen molar-refractivity contribution in [2.24, 2.45) is 11.3 Å². The van der Waals surface area contributed by atoms with E-state index in [4.69, 9.17) is 0 Å². The number of hydrogen-bond acceptors (Lipinski definition) is 0. The van der Waals surface area contributed by atoms with E-state index in [-0.39, 0.29) is 0 Å². The van der Waals surface area contributed by atoms with E-state index in [1.165, 1.54) is 51.4 Å². The van der Waals surface area contributed by atoms with Crippen LogP contribution in [0.3, 0.4) is 0 Å². The van der Waals surface area contributed by atoms with Crippen LogP contribution in [0.25, 0.3) is 0 Å². The third-order valence-corrected chi connectivity index (χ3v) is 4.10. The van der Waals surface area contributed by atoms with Crippen LogP contribution in [0.1, 0.15) is 72.1 Å². The molecule has 1 fully saturated rings. The summed E-state index contributed by atoms with van der Waals surface area (Å²) in [6, 6.07) is 0. The van der Waals surface area contributed by atoms with Gasteiger partial charge in [0.1, 0.15) is 0 Å². The largest absolute Gasteiger partial charge is 0.0654 e. The molecule has 1 rings (SSSR count). The molecule has 1 aliphatic carbocycles. The summed E-state index contributed by atoms with van der Waals surface area (Å²) in [6.45, 7) is 7.18. The molecular weight excluding hydrogens is 156 g/mol. The van der Waals surface area contributed by atoms with Gasteiger partial charge in [0.15, 0.2) is 0 Å². The maximum absolute atomic E-state index is 2.49. The standard InChI is InChI=1S/C13H26/c1-4-9-13(10-5-2)11-7-6-8-12(13)3/h12H,4-11H2,1-3H3. The van der Waals surface area contributed by atoms with E-state index in [0.29, 0.717) is 0 Å². The zero-order valence-electron chi connectivity index (χ0n) is 9.73. The number of rotatable bonds is 4. The number of hydrogen-bond donors (Lipinski definition) is 0. The molecule has 0 N–H and O–H groups in total. The Labute approximate surface area is 84.1 Å². The van der Waals surface area contributed by atoms with Gasteiger partial charge in [0, 0.05) is 0 Å². The van der Waals surface area contributed by atoms with Crippen LogP contribution in [0.2, 0.25) is 0 Å². The SMILES string of the molecule is CCCC1(CCC)CCCCC1C. The predicted molar refractivity (Wildman–Crippen MR) is 59.9 cm³/mol. The minimum atomic E-state index is 0.738. The molecule has 0 radical (unpaired) electrons. The maximum atomic E-state index is 2.49. The van der Waals surface area contributed by atoms with Crippen molar-refractivity contribution in [1.29, 1.82) is 0 Å². The average molecular weight is 182 g/mol. The minimum absolute atomic E-state index is 0.738. The van der Waals surface area contributed by atoms with Gasteiger partial charge in [-0.3, -0.25) is 0 Å². The first-order chi connectivity index (χ1) is 6.25. The highest BCUT2D eigenvalue weighted by atomic mass is 14.4. The van der Waals surface area contributed by atoms with Crippen LogP contribution in [0.15, 0.2) is 0 Å². The fraction of sp³-hybridized carbons (Fsp3) is 1.00. The van der Waals surface area contributed by atoms with Crippen LogP contribution in [0, 0.1) is 11.3 Å². The van der Waals surface area contributed by atoms with E-state index >= 15 is 0 Å². The molecule has 0 spiro atoms. The van der Waals surface area contributed by atoms with E-state index in [2.05, 4.69) is 20.8 Å². The highest BCUT2D eigenvalue weighted by Gasteiger charge is 2.35. The smallest absolute Gasteiger partial charge is 0.0272 e. The molecule has 0 aliphatic heterocycles. The Morgan fingerprint density at radius 1 is 1.08 bits per heavy atom. The lowest BCUT2D eigenvalue weighted by Crippen LogP contribution is -2.31. The second kappa shape index (κ2) is 5.02. The predicted octanol–water partition coefficient (Wildman–Crippen LogP) is 4.78. The zero-order chi connectivity index (χ0) is 9.73. The molecule has 0 heteroatoms. The van der Waals surface area contributed by atoms with Crippen LogP contribution >= 0.6 is 0 Å². The van der Waals surface area contributed by atoms with Crippen LogP contribution < -0.4 is 0 Å². The van der Waals surface area contributed by atoms with E-state index < -0.39 is 0 Å². The Bertz CT molecular complexity index is 125. The molecule has 0 bridgehead atoms. The van der Waals surface area contributed by atoms with E-state index in [1.807, 2.05) is 0 Å². The molecule has 0 nitrogen and oxygen atoms in total. The Hall–Kier alpha value is 0. The molecule has 0 saturated heterocycles. The van der Waals surface area contributed by atoms with Crippen LogP contribution in [-0.2, 0) is 0 Å². The van der Waals surface area contributed by atoms with Crippen LogP contribution in [0.5, 0.6) is 0 Å². The highest BCUT2D eigenvalue weighted by Crippen LogP contribution is 2.47. The van der Waals surface area contributed by atoms with Crippen molar-refractivity contribution in [3.05, 3.63) is 0 Å². The summed E-state index contributed by atoms with van der Waals surface area (Å²) in [4.78, 5) is 0. The lowest BCUT2D eigenvalue weighted by atomic mass is 9.62. The lowest BCUT2D eigenvalue weighted by Gasteiger charge is -2.43. The maximum Gasteiger partial charge on any atom is -0.0272 e. The molecule has 0 aromatic rings. The Balaban J connectivity index is 2.61. The van der Waals surface area contributed by atoms with Gasteiger partial charge in [-0.05, 0) is 30.6 Å². The molecule has 0 aromatic heterocycles. The third kappa shape index (κ3) is 2.48. The Morgan fingerprint density at radius 2 is 1.69 bits per heavy atom. The molecule has 1 atom stereocenters. The van der Waals surface area contributed by atoms with Crippen molar-refractivity contribution in [3.8, 4) is 0 Å². The second-order valence-corrected chi connectivity index (χ2v) is 5.01. The zero-order valence-corrected chi connectivity index (χ0v) is 9.73. The minimum Gasteiger partial charge on any atom is -0.0654 e. The van der Waals surface area contributed by atoms with Gasteiger partial charge in [0.05, 0.1) is 0 Å². The summed E-state index contributed by atoms with van der Waals surface area (Å²) < 4.78 is 0. The molecule has 1 aliphatic rings. The summed E-state index contributed by atoms with van der Waals surface area (Å²) in [5.41, 5.74) is 0.738. The van der Waals surface area contributed by atoms with Gasteiger partial charge < -0.3 is 0 Å². The average Bonchev–Trinajstić information content (AvgIpc) is 2.11. The van der Waals surface area contributed by atoms with Crippen molar-refractivity contribution in [1.82, 2.24) is 0 Å². The topological polar surface area (TPSA) is 0 Å². The van der Waals surface area contributed by atoms with Crippen molar-refractivity contribution in [2.75, 3.05) is 0 Å². The van der Waals surface area contributed by atoms with Gasteiger partial charge in [-0.2, -0.15) is 0 Å². The van der Waals surface area contributed by atoms with Crippen molar-refractivity contribution >= 4 is 0 Å². The molecular formula is C13H26. The molecule has 13 heavy (non-hydrogen) atoms. The third-order valence-electron chi connectivity index (χ3n) is 4.10. The summed E-state index contributed by atoms with van der Waals surface area (Å²) in [5, 5.41) is 0. The first-order valence-electron chi connectivity index (χ1n) is 6.25. The van der Waals surface area contributed by atoms with Crippen LogP contribution in [-0.4, -0.2) is 0 Å². The second-order valence-electron chi connectivity index (χ2n) is 5.01. The summed E-state index contributed by atoms with van der Waals surface area (Å²) >= 11 is 0. The lowest BCUT2D eigenvalue weighted by molar-refractivity contribution is 0.0817. The quantitative estimate of drug-likeness (QED) is 0.587. The van der Waals surface area contributed by atoms with E-state index in [1.54, 1.807) is 0 Å². The normalized spacial score (nSPS) is 27.5. The fourth-order valence-corrected chi connectivity index (χ4v) is 3.34. The van der Waals surface area contributed by atoms with Gasteiger partial charge in [-0.15, -0.1) is 0 Å². The van der Waals surface area contributed by atoms with Crippen LogP contribution in [0.4, 0.5) is 0 Å². The van der Waals surface area contributed by atoms with Gasteiger partial charge in [0.2, 0.25) is 0 Å². The monoisotopic (exact) mass is 182 g/mol. The van der Waals surface area contributed by atoms with Crippen molar-refractivity contribution < 1.29 is 0 Å². The van der Waals surface area contributed by atoms with E-state index in [0.717, 1.165) is 11.3 Å².